The van der Waals surface area contributed by atoms with Crippen molar-refractivity contribution >= 4 is 17.2 Å². The number of fused-ring (bicyclic) bond motifs is 1. The molecule has 1 fully saturated rings. The van der Waals surface area contributed by atoms with Crippen LogP contribution < -0.4 is 10.1 Å². The van der Waals surface area contributed by atoms with Crippen LogP contribution in [0, 0.1) is 0 Å². The van der Waals surface area contributed by atoms with Gasteiger partial charge in [-0.3, -0.25) is 14.6 Å². The highest BCUT2D eigenvalue weighted by atomic mass is 16.5. The molecule has 4 aromatic rings. The summed E-state index contributed by atoms with van der Waals surface area (Å²) in [5.74, 6) is 2.17. The number of rotatable bonds is 6. The first-order chi connectivity index (χ1) is 15.8. The van der Waals surface area contributed by atoms with Crippen molar-refractivity contribution in [1.82, 2.24) is 34.3 Å². The standard InChI is InChI=1S/C24H30N8O/c1-24(2,3)20-13-26-22(14-25-20)28-21-11-18-10-16(6-9-32(18)29-21)23-19(12-27-31(23)5)33-15-17-7-8-30(17)4/h6,9-14,17H,7-8,15H2,1-5H3,(H,26,28,29)/t17-/m1/s1. The van der Waals surface area contributed by atoms with Crippen molar-refractivity contribution in [2.75, 3.05) is 25.5 Å². The van der Waals surface area contributed by atoms with Crippen LogP contribution in [0.25, 0.3) is 16.8 Å². The largest absolute Gasteiger partial charge is 0.488 e. The van der Waals surface area contributed by atoms with Crippen LogP contribution in [0.2, 0.25) is 0 Å². The fourth-order valence-electron chi connectivity index (χ4n) is 3.93. The van der Waals surface area contributed by atoms with Gasteiger partial charge >= 0.3 is 0 Å². The third-order valence-electron chi connectivity index (χ3n) is 6.19. The molecule has 0 bridgehead atoms. The fraction of sp³-hybridized carbons (Fsp3) is 0.417. The lowest BCUT2D eigenvalue weighted by Crippen LogP contribution is -2.48. The van der Waals surface area contributed by atoms with Gasteiger partial charge in [-0.05, 0) is 32.1 Å². The monoisotopic (exact) mass is 446 g/mol. The van der Waals surface area contributed by atoms with Crippen molar-refractivity contribution in [3.8, 4) is 17.0 Å². The maximum absolute atomic E-state index is 6.14. The van der Waals surface area contributed by atoms with E-state index in [0.717, 1.165) is 34.8 Å². The number of likely N-dealkylation sites (N-methyl/N-ethyl adjacent to an activating group) is 1. The number of likely N-dealkylation sites (tertiary alicyclic amines) is 1. The van der Waals surface area contributed by atoms with Gasteiger partial charge in [0.25, 0.3) is 0 Å². The molecule has 0 aliphatic carbocycles. The minimum atomic E-state index is -0.0345. The molecule has 1 N–H and O–H groups in total. The summed E-state index contributed by atoms with van der Waals surface area (Å²) in [5.41, 5.74) is 3.86. The number of nitrogens with zero attached hydrogens (tertiary/aromatic N) is 7. The molecule has 33 heavy (non-hydrogen) atoms. The normalized spacial score (nSPS) is 16.7. The number of anilines is 2. The van der Waals surface area contributed by atoms with E-state index in [1.54, 1.807) is 12.4 Å². The van der Waals surface area contributed by atoms with Gasteiger partial charge in [0.05, 0.1) is 29.8 Å². The fourth-order valence-corrected chi connectivity index (χ4v) is 3.93. The lowest BCUT2D eigenvalue weighted by molar-refractivity contribution is 0.0771. The van der Waals surface area contributed by atoms with E-state index in [1.807, 2.05) is 40.8 Å². The molecule has 0 aromatic carbocycles. The molecule has 9 nitrogen and oxygen atoms in total. The van der Waals surface area contributed by atoms with E-state index in [1.165, 1.54) is 6.42 Å². The van der Waals surface area contributed by atoms with Gasteiger partial charge in [-0.1, -0.05) is 20.8 Å². The number of hydrogen-bond acceptors (Lipinski definition) is 7. The Hall–Kier alpha value is -3.46. The van der Waals surface area contributed by atoms with Gasteiger partial charge in [-0.25, -0.2) is 9.50 Å². The predicted molar refractivity (Wildman–Crippen MR) is 128 cm³/mol. The zero-order chi connectivity index (χ0) is 23.2. The summed E-state index contributed by atoms with van der Waals surface area (Å²) in [4.78, 5) is 11.3. The van der Waals surface area contributed by atoms with Gasteiger partial charge in [-0.2, -0.15) is 10.2 Å². The first-order valence-electron chi connectivity index (χ1n) is 11.2. The Morgan fingerprint density at radius 1 is 1.09 bits per heavy atom. The summed E-state index contributed by atoms with van der Waals surface area (Å²) < 4.78 is 9.83. The maximum atomic E-state index is 6.14. The van der Waals surface area contributed by atoms with E-state index >= 15 is 0 Å². The molecule has 0 radical (unpaired) electrons. The topological polar surface area (TPSA) is 85.4 Å². The number of pyridine rings is 1. The Bertz CT molecular complexity index is 1270. The van der Waals surface area contributed by atoms with E-state index in [9.17, 15) is 0 Å². The van der Waals surface area contributed by atoms with Crippen LogP contribution in [0.15, 0.2) is 43.0 Å². The quantitative estimate of drug-likeness (QED) is 0.484. The second-order valence-electron chi connectivity index (χ2n) is 9.69. The summed E-state index contributed by atoms with van der Waals surface area (Å²) in [6.07, 6.45) is 8.46. The van der Waals surface area contributed by atoms with Crippen LogP contribution in [-0.2, 0) is 12.5 Å². The minimum Gasteiger partial charge on any atom is -0.488 e. The van der Waals surface area contributed by atoms with Crippen molar-refractivity contribution in [3.05, 3.63) is 48.7 Å². The molecule has 172 valence electrons. The Balaban J connectivity index is 1.36. The van der Waals surface area contributed by atoms with Gasteiger partial charge in [0, 0.05) is 36.3 Å². The van der Waals surface area contributed by atoms with Crippen LogP contribution in [0.1, 0.15) is 32.9 Å². The highest BCUT2D eigenvalue weighted by Crippen LogP contribution is 2.31. The molecule has 4 aromatic heterocycles. The summed E-state index contributed by atoms with van der Waals surface area (Å²) >= 11 is 0. The minimum absolute atomic E-state index is 0.0345. The summed E-state index contributed by atoms with van der Waals surface area (Å²) in [6.45, 7) is 8.17. The third kappa shape index (κ3) is 4.28. The van der Waals surface area contributed by atoms with Crippen molar-refractivity contribution in [2.45, 2.75) is 38.6 Å². The molecule has 5 rings (SSSR count). The van der Waals surface area contributed by atoms with Gasteiger partial charge in [0.2, 0.25) is 0 Å². The molecule has 1 atom stereocenters. The van der Waals surface area contributed by atoms with Crippen LogP contribution in [0.3, 0.4) is 0 Å². The summed E-state index contributed by atoms with van der Waals surface area (Å²) in [7, 11) is 4.07. The smallest absolute Gasteiger partial charge is 0.165 e. The van der Waals surface area contributed by atoms with E-state index in [0.29, 0.717) is 24.3 Å². The SMILES string of the molecule is CN1CC[C@@H]1COc1cnn(C)c1-c1ccn2nc(Nc3cnc(C(C)(C)C)cn3)cc2c1. The zero-order valence-electron chi connectivity index (χ0n) is 19.8. The molecule has 0 unspecified atom stereocenters. The van der Waals surface area contributed by atoms with Crippen LogP contribution >= 0.6 is 0 Å². The van der Waals surface area contributed by atoms with E-state index in [-0.39, 0.29) is 5.41 Å². The Morgan fingerprint density at radius 2 is 1.94 bits per heavy atom. The molecule has 0 amide bonds. The predicted octanol–water partition coefficient (Wildman–Crippen LogP) is 3.65. The molecule has 9 heteroatoms. The highest BCUT2D eigenvalue weighted by Gasteiger charge is 2.25. The number of hydrogen-bond donors (Lipinski definition) is 1. The van der Waals surface area contributed by atoms with Gasteiger partial charge in [0.15, 0.2) is 11.6 Å². The number of aryl methyl sites for hydroxylation is 1. The summed E-state index contributed by atoms with van der Waals surface area (Å²) in [6, 6.07) is 6.58. The van der Waals surface area contributed by atoms with Crippen LogP contribution in [0.5, 0.6) is 5.75 Å². The van der Waals surface area contributed by atoms with Crippen molar-refractivity contribution < 1.29 is 4.74 Å². The van der Waals surface area contributed by atoms with E-state index < -0.39 is 0 Å². The Labute approximate surface area is 193 Å². The highest BCUT2D eigenvalue weighted by molar-refractivity contribution is 5.72. The molecule has 5 heterocycles. The average Bonchev–Trinajstić information content (AvgIpc) is 3.34. The first-order valence-corrected chi connectivity index (χ1v) is 11.2. The lowest BCUT2D eigenvalue weighted by Gasteiger charge is -2.37. The zero-order valence-corrected chi connectivity index (χ0v) is 19.8. The molecule has 0 spiro atoms. The third-order valence-corrected chi connectivity index (χ3v) is 6.19. The molecule has 1 aliphatic heterocycles. The molecular formula is C24H30N8O. The Kier molecular flexibility index (Phi) is 5.28. The number of ether oxygens (including phenoxy) is 1. The van der Waals surface area contributed by atoms with E-state index in [2.05, 4.69) is 64.3 Å². The van der Waals surface area contributed by atoms with Gasteiger partial charge in [0.1, 0.15) is 18.1 Å². The maximum Gasteiger partial charge on any atom is 0.165 e. The van der Waals surface area contributed by atoms with Crippen LogP contribution in [0.4, 0.5) is 11.6 Å². The van der Waals surface area contributed by atoms with E-state index in [4.69, 9.17) is 4.74 Å². The average molecular weight is 447 g/mol. The molecule has 0 saturated carbocycles. The van der Waals surface area contributed by atoms with Gasteiger partial charge in [-0.15, -0.1) is 0 Å². The Morgan fingerprint density at radius 3 is 2.61 bits per heavy atom. The number of nitrogens with one attached hydrogen (secondary N) is 1. The first kappa shape index (κ1) is 21.4. The second kappa shape index (κ2) is 8.15. The second-order valence-corrected chi connectivity index (χ2v) is 9.69. The number of aromatic nitrogens is 6. The molecular weight excluding hydrogens is 416 g/mol. The van der Waals surface area contributed by atoms with Crippen molar-refractivity contribution in [3.63, 3.8) is 0 Å². The summed E-state index contributed by atoms with van der Waals surface area (Å²) in [5, 5.41) is 12.3. The molecule has 1 saturated heterocycles. The lowest BCUT2D eigenvalue weighted by atomic mass is 9.93. The molecule has 1 aliphatic rings. The van der Waals surface area contributed by atoms with Crippen molar-refractivity contribution in [2.24, 2.45) is 7.05 Å². The van der Waals surface area contributed by atoms with Crippen LogP contribution in [-0.4, -0.2) is 60.5 Å². The van der Waals surface area contributed by atoms with Crippen molar-refractivity contribution in [1.29, 1.82) is 0 Å². The van der Waals surface area contributed by atoms with Gasteiger partial charge < -0.3 is 10.1 Å².